The van der Waals surface area contributed by atoms with Crippen LogP contribution in [-0.4, -0.2) is 53.9 Å². The minimum absolute atomic E-state index is 0.0141. The van der Waals surface area contributed by atoms with Crippen molar-refractivity contribution in [3.05, 3.63) is 41.5 Å². The van der Waals surface area contributed by atoms with Crippen LogP contribution < -0.4 is 9.64 Å². The fourth-order valence-corrected chi connectivity index (χ4v) is 4.81. The first kappa shape index (κ1) is 24.4. The second-order valence-corrected chi connectivity index (χ2v) is 10.4. The van der Waals surface area contributed by atoms with Gasteiger partial charge in [-0.25, -0.2) is 9.31 Å². The summed E-state index contributed by atoms with van der Waals surface area (Å²) in [5.74, 6) is 0.791. The molecule has 0 bridgehead atoms. The molecule has 3 aromatic rings. The topological polar surface area (TPSA) is 65.3 Å². The van der Waals surface area contributed by atoms with Gasteiger partial charge in [-0.15, -0.1) is 11.8 Å². The number of nitrogens with zero attached hydrogens (tertiary/aromatic N) is 3. The first-order valence-electron chi connectivity index (χ1n) is 11.5. The van der Waals surface area contributed by atoms with Crippen molar-refractivity contribution in [2.75, 3.05) is 31.4 Å². The van der Waals surface area contributed by atoms with E-state index in [1.165, 1.54) is 11.8 Å². The Labute approximate surface area is 205 Å². The molecule has 3 heterocycles. The lowest BCUT2D eigenvalue weighted by Crippen LogP contribution is -2.45. The Kier molecular flexibility index (Phi) is 6.82. The van der Waals surface area contributed by atoms with Gasteiger partial charge >= 0.3 is 6.09 Å². The fourth-order valence-electron chi connectivity index (χ4n) is 4.24. The number of methoxy groups -OCH3 is 1. The van der Waals surface area contributed by atoms with E-state index < -0.39 is 11.7 Å². The number of benzene rings is 1. The third-order valence-corrected chi connectivity index (χ3v) is 6.44. The molecule has 34 heavy (non-hydrogen) atoms. The Morgan fingerprint density at radius 2 is 2.03 bits per heavy atom. The number of fused-ring (bicyclic) bond motifs is 1. The Hall–Kier alpha value is -2.71. The zero-order chi connectivity index (χ0) is 24.6. The fraction of sp³-hybridized carbons (Fsp3) is 0.462. The molecule has 2 aromatic heterocycles. The van der Waals surface area contributed by atoms with Gasteiger partial charge in [-0.05, 0) is 76.6 Å². The average Bonchev–Trinajstić information content (AvgIpc) is 3.10. The Morgan fingerprint density at radius 3 is 2.62 bits per heavy atom. The molecule has 1 amide bonds. The molecule has 1 atom stereocenters. The molecule has 1 saturated heterocycles. The monoisotopic (exact) mass is 483 g/mol. The number of pyridine rings is 1. The highest BCUT2D eigenvalue weighted by Crippen LogP contribution is 2.39. The van der Waals surface area contributed by atoms with Gasteiger partial charge in [-0.1, -0.05) is 12.1 Å². The third-order valence-electron chi connectivity index (χ3n) is 5.78. The molecule has 1 unspecified atom stereocenters. The van der Waals surface area contributed by atoms with Crippen LogP contribution in [0.2, 0.25) is 0 Å². The number of hydrogen-bond acceptors (Lipinski definition) is 6. The summed E-state index contributed by atoms with van der Waals surface area (Å²) in [6, 6.07) is 10.2. The number of aromatic nitrogens is 2. The van der Waals surface area contributed by atoms with Gasteiger partial charge in [-0.3, -0.25) is 4.90 Å². The zero-order valence-corrected chi connectivity index (χ0v) is 21.8. The minimum Gasteiger partial charge on any atom is -0.496 e. The highest BCUT2D eigenvalue weighted by molar-refractivity contribution is 7.98. The molecule has 1 aliphatic heterocycles. The number of carbonyl (C=O) groups is 1. The van der Waals surface area contributed by atoms with Crippen molar-refractivity contribution >= 4 is 29.1 Å². The molecule has 1 fully saturated rings. The molecule has 0 spiro atoms. The number of anilines is 1. The van der Waals surface area contributed by atoms with Crippen LogP contribution in [0.5, 0.6) is 5.75 Å². The number of amides is 1. The maximum Gasteiger partial charge on any atom is 0.415 e. The predicted octanol–water partition coefficient (Wildman–Crippen LogP) is 5.88. The number of carbonyl (C=O) groups excluding carboxylic acids is 1. The van der Waals surface area contributed by atoms with Gasteiger partial charge in [-0.2, -0.15) is 5.10 Å². The summed E-state index contributed by atoms with van der Waals surface area (Å²) in [5, 5.41) is 5.68. The van der Waals surface area contributed by atoms with Crippen LogP contribution in [0.15, 0.2) is 35.4 Å². The van der Waals surface area contributed by atoms with Crippen LogP contribution in [0.3, 0.4) is 0 Å². The maximum atomic E-state index is 13.4. The molecule has 0 N–H and O–H groups in total. The number of rotatable bonds is 6. The lowest BCUT2D eigenvalue weighted by Gasteiger charge is -2.33. The van der Waals surface area contributed by atoms with Crippen LogP contribution in [0, 0.1) is 13.8 Å². The van der Waals surface area contributed by atoms with Gasteiger partial charge in [0, 0.05) is 12.2 Å². The van der Waals surface area contributed by atoms with E-state index in [0.717, 1.165) is 50.8 Å². The van der Waals surface area contributed by atoms with Gasteiger partial charge in [0.05, 0.1) is 31.0 Å². The molecule has 0 radical (unpaired) electrons. The van der Waals surface area contributed by atoms with Crippen molar-refractivity contribution in [2.24, 2.45) is 0 Å². The van der Waals surface area contributed by atoms with E-state index in [2.05, 4.69) is 19.9 Å². The second kappa shape index (κ2) is 9.50. The van der Waals surface area contributed by atoms with Crippen LogP contribution in [0.25, 0.3) is 16.8 Å². The predicted molar refractivity (Wildman–Crippen MR) is 136 cm³/mol. The number of thioether (sulfide) groups is 1. The van der Waals surface area contributed by atoms with Crippen molar-refractivity contribution in [3.8, 4) is 17.0 Å². The Bertz CT molecular complexity index is 1210. The van der Waals surface area contributed by atoms with Crippen LogP contribution in [0.1, 0.15) is 38.3 Å². The minimum atomic E-state index is -0.615. The van der Waals surface area contributed by atoms with Crippen molar-refractivity contribution < 1.29 is 19.0 Å². The third kappa shape index (κ3) is 4.74. The highest BCUT2D eigenvalue weighted by atomic mass is 32.2. The first-order chi connectivity index (χ1) is 16.1. The molecular formula is C26H33N3O4S. The van der Waals surface area contributed by atoms with Crippen molar-refractivity contribution in [3.63, 3.8) is 0 Å². The molecule has 7 nitrogen and oxygen atoms in total. The molecule has 0 saturated carbocycles. The molecule has 8 heteroatoms. The molecular weight excluding hydrogens is 450 g/mol. The van der Waals surface area contributed by atoms with E-state index in [4.69, 9.17) is 19.3 Å². The van der Waals surface area contributed by atoms with Crippen molar-refractivity contribution in [1.82, 2.24) is 9.61 Å². The Morgan fingerprint density at radius 1 is 1.29 bits per heavy atom. The largest absolute Gasteiger partial charge is 0.496 e. The van der Waals surface area contributed by atoms with Gasteiger partial charge in [0.15, 0.2) is 0 Å². The summed E-state index contributed by atoms with van der Waals surface area (Å²) >= 11 is 1.50. The van der Waals surface area contributed by atoms with Gasteiger partial charge in [0.2, 0.25) is 0 Å². The Balaban J connectivity index is 1.91. The van der Waals surface area contributed by atoms with Crippen LogP contribution >= 0.6 is 11.8 Å². The van der Waals surface area contributed by atoms with Gasteiger partial charge < -0.3 is 14.2 Å². The standard InChI is InChI=1S/C26H33N3O4S/c1-16-13-17(2)22(21(14-16)31-6)19-9-8-10-20-23(24(34-7)27-29(19)20)28(15-18-11-12-32-18)25(30)33-26(3,4)5/h8-10,13-14,18H,11-12,15H2,1-7H3. The number of aryl methyl sites for hydroxylation is 2. The molecule has 0 aliphatic carbocycles. The molecule has 182 valence electrons. The molecule has 4 rings (SSSR count). The maximum absolute atomic E-state index is 13.4. The number of ether oxygens (including phenoxy) is 3. The van der Waals surface area contributed by atoms with E-state index in [-0.39, 0.29) is 6.10 Å². The van der Waals surface area contributed by atoms with E-state index >= 15 is 0 Å². The smallest absolute Gasteiger partial charge is 0.415 e. The van der Waals surface area contributed by atoms with E-state index in [9.17, 15) is 4.79 Å². The zero-order valence-electron chi connectivity index (χ0n) is 21.0. The van der Waals surface area contributed by atoms with Crippen LogP contribution in [0.4, 0.5) is 10.5 Å². The summed E-state index contributed by atoms with van der Waals surface area (Å²) in [6.45, 7) is 10.9. The summed E-state index contributed by atoms with van der Waals surface area (Å²) in [6.07, 6.45) is 2.47. The van der Waals surface area contributed by atoms with Gasteiger partial charge in [0.25, 0.3) is 0 Å². The van der Waals surface area contributed by atoms with E-state index in [0.29, 0.717) is 13.2 Å². The number of hydrogen-bond donors (Lipinski definition) is 0. The summed E-state index contributed by atoms with van der Waals surface area (Å²) in [7, 11) is 1.68. The quantitative estimate of drug-likeness (QED) is 0.408. The van der Waals surface area contributed by atoms with Crippen molar-refractivity contribution in [1.29, 1.82) is 0 Å². The lowest BCUT2D eigenvalue weighted by atomic mass is 10.0. The van der Waals surface area contributed by atoms with Gasteiger partial charge in [0.1, 0.15) is 22.1 Å². The SMILES string of the molecule is COc1cc(C)cc(C)c1-c1cccc2c(N(CC3CCO3)C(=O)OC(C)(C)C)c(SC)nn12. The summed E-state index contributed by atoms with van der Waals surface area (Å²) in [5.41, 5.74) is 5.06. The lowest BCUT2D eigenvalue weighted by molar-refractivity contribution is -0.0453. The average molecular weight is 484 g/mol. The normalized spacial score (nSPS) is 15.8. The summed E-state index contributed by atoms with van der Waals surface area (Å²) in [4.78, 5) is 15.1. The highest BCUT2D eigenvalue weighted by Gasteiger charge is 2.33. The summed E-state index contributed by atoms with van der Waals surface area (Å²) < 4.78 is 19.1. The van der Waals surface area contributed by atoms with Crippen molar-refractivity contribution in [2.45, 2.75) is 57.8 Å². The van der Waals surface area contributed by atoms with Crippen LogP contribution in [-0.2, 0) is 9.47 Å². The molecule has 1 aromatic carbocycles. The van der Waals surface area contributed by atoms with E-state index in [1.54, 1.807) is 12.0 Å². The second-order valence-electron chi connectivity index (χ2n) is 9.60. The first-order valence-corrected chi connectivity index (χ1v) is 12.7. The van der Waals surface area contributed by atoms with E-state index in [1.807, 2.05) is 55.8 Å². The molecule has 1 aliphatic rings.